The molecule has 2 aliphatic carbocycles. The smallest absolute Gasteiger partial charge is 0.227 e. The van der Waals surface area contributed by atoms with Gasteiger partial charge in [-0.3, -0.25) is 4.79 Å². The highest BCUT2D eigenvalue weighted by atomic mass is 35.5. The van der Waals surface area contributed by atoms with E-state index < -0.39 is 0 Å². The van der Waals surface area contributed by atoms with Crippen molar-refractivity contribution < 1.29 is 14.3 Å². The number of hydrogen-bond donors (Lipinski definition) is 2. The highest BCUT2D eigenvalue weighted by Crippen LogP contribution is 2.42. The molecular formula is C21H29ClN2O3. The minimum Gasteiger partial charge on any atom is -0.489 e. The first-order chi connectivity index (χ1) is 13.1. The number of fused-ring (bicyclic) bond motifs is 2. The number of anilines is 1. The summed E-state index contributed by atoms with van der Waals surface area (Å²) < 4.78 is 11.6. The fourth-order valence-electron chi connectivity index (χ4n) is 4.92. The van der Waals surface area contributed by atoms with Crippen molar-refractivity contribution in [3.63, 3.8) is 0 Å². The second-order valence-corrected chi connectivity index (χ2v) is 8.71. The molecule has 1 heterocycles. The Balaban J connectivity index is 1.41. The molecule has 2 bridgehead atoms. The summed E-state index contributed by atoms with van der Waals surface area (Å²) in [6, 6.07) is 5.63. The molecule has 0 radical (unpaired) electrons. The summed E-state index contributed by atoms with van der Waals surface area (Å²) in [5, 5.41) is 3.65. The summed E-state index contributed by atoms with van der Waals surface area (Å²) in [6.45, 7) is 1.29. The van der Waals surface area contributed by atoms with Gasteiger partial charge in [0, 0.05) is 23.6 Å². The Morgan fingerprint density at radius 3 is 2.70 bits per heavy atom. The maximum atomic E-state index is 13.0. The largest absolute Gasteiger partial charge is 0.489 e. The Hall–Kier alpha value is -1.30. The molecule has 0 spiro atoms. The van der Waals surface area contributed by atoms with Gasteiger partial charge in [0.05, 0.1) is 11.8 Å². The van der Waals surface area contributed by atoms with Crippen LogP contribution in [0, 0.1) is 17.8 Å². The van der Waals surface area contributed by atoms with E-state index in [2.05, 4.69) is 5.32 Å². The molecule has 1 amide bonds. The van der Waals surface area contributed by atoms with E-state index >= 15 is 0 Å². The molecular weight excluding hydrogens is 364 g/mol. The van der Waals surface area contributed by atoms with Crippen LogP contribution in [0.15, 0.2) is 18.2 Å². The monoisotopic (exact) mass is 392 g/mol. The van der Waals surface area contributed by atoms with Crippen LogP contribution >= 0.6 is 11.6 Å². The summed E-state index contributed by atoms with van der Waals surface area (Å²) >= 11 is 6.16. The highest BCUT2D eigenvalue weighted by Gasteiger charge is 2.40. The number of nitrogens with two attached hydrogens (primary N) is 1. The summed E-state index contributed by atoms with van der Waals surface area (Å²) in [5.74, 6) is 1.68. The maximum Gasteiger partial charge on any atom is 0.227 e. The molecule has 6 heteroatoms. The minimum atomic E-state index is 0.0186. The summed E-state index contributed by atoms with van der Waals surface area (Å²) in [6.07, 6.45) is 7.52. The first-order valence-electron chi connectivity index (χ1n) is 10.2. The van der Waals surface area contributed by atoms with E-state index in [0.717, 1.165) is 45.1 Å². The fourth-order valence-corrected chi connectivity index (χ4v) is 5.09. The number of carbonyl (C=O) groups is 1. The predicted molar refractivity (Wildman–Crippen MR) is 106 cm³/mol. The molecule has 1 saturated heterocycles. The molecule has 4 rings (SSSR count). The minimum absolute atomic E-state index is 0.0186. The zero-order valence-corrected chi connectivity index (χ0v) is 16.4. The van der Waals surface area contributed by atoms with Crippen molar-refractivity contribution in [3.05, 3.63) is 23.2 Å². The van der Waals surface area contributed by atoms with Gasteiger partial charge in [-0.15, -0.1) is 0 Å². The van der Waals surface area contributed by atoms with Crippen molar-refractivity contribution in [2.24, 2.45) is 23.5 Å². The molecule has 2 saturated carbocycles. The number of halogens is 1. The summed E-state index contributed by atoms with van der Waals surface area (Å²) in [5.41, 5.74) is 7.01. The van der Waals surface area contributed by atoms with Gasteiger partial charge in [-0.2, -0.15) is 0 Å². The van der Waals surface area contributed by atoms with Gasteiger partial charge in [0.2, 0.25) is 5.91 Å². The zero-order valence-electron chi connectivity index (χ0n) is 15.7. The normalized spacial score (nSPS) is 32.9. The maximum absolute atomic E-state index is 13.0. The van der Waals surface area contributed by atoms with Gasteiger partial charge in [-0.05, 0) is 68.6 Å². The van der Waals surface area contributed by atoms with Gasteiger partial charge >= 0.3 is 0 Å². The van der Waals surface area contributed by atoms with E-state index in [1.807, 2.05) is 6.07 Å². The number of benzene rings is 1. The van der Waals surface area contributed by atoms with Crippen LogP contribution in [-0.2, 0) is 9.53 Å². The van der Waals surface area contributed by atoms with Gasteiger partial charge in [0.15, 0.2) is 0 Å². The Labute approximate surface area is 165 Å². The van der Waals surface area contributed by atoms with Crippen LogP contribution < -0.4 is 15.8 Å². The van der Waals surface area contributed by atoms with E-state index in [4.69, 9.17) is 26.8 Å². The number of rotatable bonds is 5. The fraction of sp³-hybridized carbons (Fsp3) is 0.667. The van der Waals surface area contributed by atoms with Gasteiger partial charge in [0.25, 0.3) is 0 Å². The molecule has 0 aromatic heterocycles. The van der Waals surface area contributed by atoms with Crippen molar-refractivity contribution in [2.75, 3.05) is 18.5 Å². The van der Waals surface area contributed by atoms with E-state index in [1.54, 1.807) is 12.1 Å². The first-order valence-corrected chi connectivity index (χ1v) is 10.6. The number of amides is 1. The van der Waals surface area contributed by atoms with Gasteiger partial charge in [-0.25, -0.2) is 0 Å². The lowest BCUT2D eigenvalue weighted by Gasteiger charge is -2.43. The van der Waals surface area contributed by atoms with Gasteiger partial charge in [-0.1, -0.05) is 18.0 Å². The molecule has 3 fully saturated rings. The van der Waals surface area contributed by atoms with Crippen LogP contribution in [0.4, 0.5) is 5.69 Å². The summed E-state index contributed by atoms with van der Waals surface area (Å²) in [4.78, 5) is 13.0. The molecule has 3 aliphatic rings. The highest BCUT2D eigenvalue weighted by molar-refractivity contribution is 6.31. The molecule has 1 aromatic rings. The third-order valence-corrected chi connectivity index (χ3v) is 6.67. The second kappa shape index (κ2) is 8.38. The van der Waals surface area contributed by atoms with E-state index in [-0.39, 0.29) is 24.0 Å². The van der Waals surface area contributed by atoms with Crippen molar-refractivity contribution in [1.82, 2.24) is 0 Å². The molecule has 3 atom stereocenters. The SMILES string of the molecule is NC1C2CCCC1CC(C(=O)Nc1cc(Cl)ccc1OCC1CCCO1)C2. The molecule has 5 nitrogen and oxygen atoms in total. The van der Waals surface area contributed by atoms with Crippen molar-refractivity contribution in [3.8, 4) is 5.75 Å². The van der Waals surface area contributed by atoms with E-state index in [1.165, 1.54) is 6.42 Å². The predicted octanol–water partition coefficient (Wildman–Crippen LogP) is 3.99. The van der Waals surface area contributed by atoms with E-state index in [9.17, 15) is 4.79 Å². The lowest BCUT2D eigenvalue weighted by molar-refractivity contribution is -0.122. The van der Waals surface area contributed by atoms with Crippen LogP contribution in [-0.4, -0.2) is 31.3 Å². The average molecular weight is 393 g/mol. The van der Waals surface area contributed by atoms with Crippen molar-refractivity contribution >= 4 is 23.2 Å². The molecule has 1 aromatic carbocycles. The van der Waals surface area contributed by atoms with E-state index in [0.29, 0.717) is 34.9 Å². The first kappa shape index (κ1) is 19.0. The lowest BCUT2D eigenvalue weighted by atomic mass is 9.65. The van der Waals surface area contributed by atoms with Crippen molar-refractivity contribution in [1.29, 1.82) is 0 Å². The molecule has 148 valence electrons. The third-order valence-electron chi connectivity index (χ3n) is 6.43. The Kier molecular flexibility index (Phi) is 5.90. The molecule has 27 heavy (non-hydrogen) atoms. The standard InChI is InChI=1S/C21H29ClN2O3/c22-16-6-7-19(27-12-17-5-2-8-26-17)18(11-16)24-21(25)15-9-13-3-1-4-14(10-15)20(13)23/h6-7,11,13-15,17,20H,1-5,8-10,12,23H2,(H,24,25). The molecule has 3 unspecified atom stereocenters. The zero-order chi connectivity index (χ0) is 18.8. The molecule has 1 aliphatic heterocycles. The Bertz CT molecular complexity index is 663. The number of ether oxygens (including phenoxy) is 2. The third kappa shape index (κ3) is 4.41. The van der Waals surface area contributed by atoms with Crippen molar-refractivity contribution in [2.45, 2.75) is 57.1 Å². The number of carbonyl (C=O) groups excluding carboxylic acids is 1. The average Bonchev–Trinajstić information content (AvgIpc) is 3.14. The van der Waals surface area contributed by atoms with Gasteiger partial charge in [0.1, 0.15) is 12.4 Å². The second-order valence-electron chi connectivity index (χ2n) is 8.27. The topological polar surface area (TPSA) is 73.6 Å². The lowest BCUT2D eigenvalue weighted by Crippen LogP contribution is -2.48. The van der Waals surface area contributed by atoms with Crippen LogP contribution in [0.2, 0.25) is 5.02 Å². The number of hydrogen-bond acceptors (Lipinski definition) is 4. The Morgan fingerprint density at radius 2 is 2.00 bits per heavy atom. The quantitative estimate of drug-likeness (QED) is 0.794. The summed E-state index contributed by atoms with van der Waals surface area (Å²) in [7, 11) is 0. The Morgan fingerprint density at radius 1 is 1.22 bits per heavy atom. The van der Waals surface area contributed by atoms with Crippen LogP contribution in [0.1, 0.15) is 44.9 Å². The van der Waals surface area contributed by atoms with Gasteiger partial charge < -0.3 is 20.5 Å². The van der Waals surface area contributed by atoms with Crippen LogP contribution in [0.5, 0.6) is 5.75 Å². The number of nitrogens with one attached hydrogen (secondary N) is 1. The van der Waals surface area contributed by atoms with Crippen LogP contribution in [0.3, 0.4) is 0 Å². The molecule has 3 N–H and O–H groups in total. The van der Waals surface area contributed by atoms with Crippen LogP contribution in [0.25, 0.3) is 0 Å².